The number of carbonyl (C=O) groups excluding carboxylic acids is 2. The van der Waals surface area contributed by atoms with E-state index in [9.17, 15) is 9.59 Å². The quantitative estimate of drug-likeness (QED) is 0.477. The van der Waals surface area contributed by atoms with Crippen molar-refractivity contribution in [2.75, 3.05) is 0 Å². The van der Waals surface area contributed by atoms with Crippen molar-refractivity contribution in [2.24, 2.45) is 21.7 Å². The molecule has 0 unspecified atom stereocenters. The highest BCUT2D eigenvalue weighted by Gasteiger charge is 2.13. The zero-order valence-electron chi connectivity index (χ0n) is 8.69. The van der Waals surface area contributed by atoms with E-state index in [0.29, 0.717) is 25.7 Å². The second-order valence-electron chi connectivity index (χ2n) is 3.31. The lowest BCUT2D eigenvalue weighted by molar-refractivity contribution is 0.248. The molecule has 88 valence electrons. The van der Waals surface area contributed by atoms with Crippen molar-refractivity contribution in [2.45, 2.75) is 25.7 Å². The lowest BCUT2D eigenvalue weighted by atomic mass is 9.97. The number of amides is 4. The first kappa shape index (κ1) is 12.0. The molecule has 6 N–H and O–H groups in total. The van der Waals surface area contributed by atoms with Gasteiger partial charge in [-0.25, -0.2) is 20.4 Å². The molecule has 0 saturated heterocycles. The van der Waals surface area contributed by atoms with Gasteiger partial charge >= 0.3 is 12.1 Å². The SMILES string of the molecule is NC(=O)NN=C1CCC(=NNC(N)=O)CC1. The van der Waals surface area contributed by atoms with Gasteiger partial charge in [0.25, 0.3) is 0 Å². The topological polar surface area (TPSA) is 135 Å². The maximum atomic E-state index is 10.4. The summed E-state index contributed by atoms with van der Waals surface area (Å²) in [5, 5.41) is 7.67. The summed E-state index contributed by atoms with van der Waals surface area (Å²) in [5.74, 6) is 0. The lowest BCUT2D eigenvalue weighted by Crippen LogP contribution is -2.28. The van der Waals surface area contributed by atoms with Gasteiger partial charge < -0.3 is 11.5 Å². The van der Waals surface area contributed by atoms with E-state index in [2.05, 4.69) is 21.1 Å². The van der Waals surface area contributed by atoms with Gasteiger partial charge in [-0.15, -0.1) is 0 Å². The van der Waals surface area contributed by atoms with Crippen LogP contribution in [0, 0.1) is 0 Å². The van der Waals surface area contributed by atoms with Crippen molar-refractivity contribution in [3.63, 3.8) is 0 Å². The number of carbonyl (C=O) groups is 2. The molecule has 1 rings (SSSR count). The van der Waals surface area contributed by atoms with Crippen LogP contribution < -0.4 is 22.3 Å². The Labute approximate surface area is 92.1 Å². The Kier molecular flexibility index (Phi) is 4.25. The molecule has 0 aromatic carbocycles. The monoisotopic (exact) mass is 226 g/mol. The fraction of sp³-hybridized carbons (Fsp3) is 0.500. The Morgan fingerprint density at radius 2 is 1.19 bits per heavy atom. The molecule has 0 heterocycles. The lowest BCUT2D eigenvalue weighted by Gasteiger charge is -2.14. The van der Waals surface area contributed by atoms with Gasteiger partial charge in [0, 0.05) is 11.4 Å². The first-order valence-corrected chi connectivity index (χ1v) is 4.79. The molecule has 0 radical (unpaired) electrons. The fourth-order valence-corrected chi connectivity index (χ4v) is 1.32. The van der Waals surface area contributed by atoms with E-state index in [1.54, 1.807) is 0 Å². The third-order valence-electron chi connectivity index (χ3n) is 2.05. The Morgan fingerprint density at radius 3 is 1.44 bits per heavy atom. The van der Waals surface area contributed by atoms with E-state index >= 15 is 0 Å². The molecule has 16 heavy (non-hydrogen) atoms. The molecule has 1 saturated carbocycles. The molecule has 1 aliphatic carbocycles. The number of nitrogens with one attached hydrogen (secondary N) is 2. The average Bonchev–Trinajstić information content (AvgIpc) is 2.25. The number of hydrazone groups is 2. The van der Waals surface area contributed by atoms with Gasteiger partial charge in [-0.3, -0.25) is 0 Å². The summed E-state index contributed by atoms with van der Waals surface area (Å²) in [6.45, 7) is 0. The van der Waals surface area contributed by atoms with Gasteiger partial charge in [-0.2, -0.15) is 10.2 Å². The Balaban J connectivity index is 2.39. The first-order chi connectivity index (χ1) is 7.58. The van der Waals surface area contributed by atoms with Gasteiger partial charge in [-0.05, 0) is 25.7 Å². The molecule has 8 heteroatoms. The van der Waals surface area contributed by atoms with Gasteiger partial charge in [0.05, 0.1) is 0 Å². The Bertz CT molecular complexity index is 302. The van der Waals surface area contributed by atoms with Crippen molar-refractivity contribution in [3.8, 4) is 0 Å². The molecule has 0 bridgehead atoms. The number of hydrogen-bond acceptors (Lipinski definition) is 4. The van der Waals surface area contributed by atoms with Crippen LogP contribution >= 0.6 is 0 Å². The molecule has 0 aromatic heterocycles. The Morgan fingerprint density at radius 1 is 0.875 bits per heavy atom. The number of primary amides is 2. The molecule has 0 atom stereocenters. The van der Waals surface area contributed by atoms with Crippen molar-refractivity contribution >= 4 is 23.5 Å². The number of nitrogens with two attached hydrogens (primary N) is 2. The van der Waals surface area contributed by atoms with Crippen molar-refractivity contribution < 1.29 is 9.59 Å². The highest BCUT2D eigenvalue weighted by molar-refractivity contribution is 5.98. The Hall–Kier alpha value is -2.12. The van der Waals surface area contributed by atoms with Gasteiger partial charge in [0.1, 0.15) is 0 Å². The highest BCUT2D eigenvalue weighted by atomic mass is 16.2. The van der Waals surface area contributed by atoms with E-state index in [1.165, 1.54) is 0 Å². The number of hydrogen-bond donors (Lipinski definition) is 4. The van der Waals surface area contributed by atoms with E-state index in [0.717, 1.165) is 11.4 Å². The van der Waals surface area contributed by atoms with E-state index in [1.807, 2.05) is 0 Å². The van der Waals surface area contributed by atoms with Gasteiger partial charge in [-0.1, -0.05) is 0 Å². The molecule has 1 fully saturated rings. The van der Waals surface area contributed by atoms with Crippen LogP contribution in [0.3, 0.4) is 0 Å². The summed E-state index contributed by atoms with van der Waals surface area (Å²) >= 11 is 0. The van der Waals surface area contributed by atoms with Crippen LogP contribution in [0.15, 0.2) is 10.2 Å². The summed E-state index contributed by atoms with van der Waals surface area (Å²) in [6.07, 6.45) is 2.72. The highest BCUT2D eigenvalue weighted by Crippen LogP contribution is 2.12. The molecule has 0 spiro atoms. The van der Waals surface area contributed by atoms with Crippen molar-refractivity contribution in [1.29, 1.82) is 0 Å². The van der Waals surface area contributed by atoms with Crippen LogP contribution in [-0.4, -0.2) is 23.5 Å². The smallest absolute Gasteiger partial charge is 0.332 e. The van der Waals surface area contributed by atoms with E-state index < -0.39 is 12.1 Å². The first-order valence-electron chi connectivity index (χ1n) is 4.79. The zero-order chi connectivity index (χ0) is 12.0. The summed E-state index contributed by atoms with van der Waals surface area (Å²) in [5.41, 5.74) is 15.8. The molecule has 4 amide bonds. The molecule has 0 aliphatic heterocycles. The van der Waals surface area contributed by atoms with Crippen LogP contribution in [0.4, 0.5) is 9.59 Å². The predicted octanol–water partition coefficient (Wildman–Crippen LogP) is -0.391. The normalized spacial score (nSPS) is 15.2. The predicted molar refractivity (Wildman–Crippen MR) is 58.8 cm³/mol. The van der Waals surface area contributed by atoms with Crippen LogP contribution in [0.2, 0.25) is 0 Å². The standard InChI is InChI=1S/C8H14N6O2/c9-7(15)13-11-5-1-2-6(4-3-5)12-14-8(10)16/h1-4H2,(H3,9,13,15)(H3,10,14,16). The maximum Gasteiger partial charge on any atom is 0.332 e. The summed E-state index contributed by atoms with van der Waals surface area (Å²) < 4.78 is 0. The maximum absolute atomic E-state index is 10.4. The third kappa shape index (κ3) is 4.40. The van der Waals surface area contributed by atoms with Gasteiger partial charge in [0.2, 0.25) is 0 Å². The van der Waals surface area contributed by atoms with Gasteiger partial charge in [0.15, 0.2) is 0 Å². The number of urea groups is 2. The minimum absolute atomic E-state index is 0.678. The second-order valence-corrected chi connectivity index (χ2v) is 3.31. The van der Waals surface area contributed by atoms with Crippen LogP contribution in [0.1, 0.15) is 25.7 Å². The summed E-state index contributed by atoms with van der Waals surface area (Å²) in [6, 6.07) is -1.36. The van der Waals surface area contributed by atoms with E-state index in [4.69, 9.17) is 11.5 Å². The molecule has 8 nitrogen and oxygen atoms in total. The molecule has 0 aromatic rings. The second kappa shape index (κ2) is 5.69. The molecular weight excluding hydrogens is 212 g/mol. The minimum atomic E-state index is -0.678. The third-order valence-corrected chi connectivity index (χ3v) is 2.05. The van der Waals surface area contributed by atoms with Crippen LogP contribution in [0.25, 0.3) is 0 Å². The van der Waals surface area contributed by atoms with Crippen LogP contribution in [0.5, 0.6) is 0 Å². The zero-order valence-corrected chi connectivity index (χ0v) is 8.69. The molecular formula is C8H14N6O2. The number of nitrogens with zero attached hydrogens (tertiary/aromatic N) is 2. The summed E-state index contributed by atoms with van der Waals surface area (Å²) in [4.78, 5) is 20.8. The van der Waals surface area contributed by atoms with Crippen LogP contribution in [-0.2, 0) is 0 Å². The number of rotatable bonds is 2. The van der Waals surface area contributed by atoms with Crippen molar-refractivity contribution in [3.05, 3.63) is 0 Å². The average molecular weight is 226 g/mol. The largest absolute Gasteiger partial charge is 0.350 e. The van der Waals surface area contributed by atoms with E-state index in [-0.39, 0.29) is 0 Å². The van der Waals surface area contributed by atoms with Crippen molar-refractivity contribution in [1.82, 2.24) is 10.9 Å². The molecule has 1 aliphatic rings. The fourth-order valence-electron chi connectivity index (χ4n) is 1.32. The summed E-state index contributed by atoms with van der Waals surface area (Å²) in [7, 11) is 0. The minimum Gasteiger partial charge on any atom is -0.350 e.